The largest absolute Gasteiger partial charge is 0.419 e. The van der Waals surface area contributed by atoms with Gasteiger partial charge in [0.25, 0.3) is 0 Å². The predicted octanol–water partition coefficient (Wildman–Crippen LogP) is 2.50. The standard InChI is InChI=1S/C13H16F4N2O2S.ClH/c1-18-7-9-4-5-19(8-9)22(20,21)10-2-3-11(12(14)6-10)13(15,16)17;/h2-3,6,9,18H,4-5,7-8H2,1H3;1H. The van der Waals surface area contributed by atoms with E-state index in [2.05, 4.69) is 5.32 Å². The van der Waals surface area contributed by atoms with Crippen molar-refractivity contribution in [3.05, 3.63) is 29.6 Å². The molecule has 1 aliphatic rings. The summed E-state index contributed by atoms with van der Waals surface area (Å²) in [6.07, 6.45) is -4.19. The van der Waals surface area contributed by atoms with E-state index in [0.717, 1.165) is 6.07 Å². The topological polar surface area (TPSA) is 49.4 Å². The fraction of sp³-hybridized carbons (Fsp3) is 0.538. The van der Waals surface area contributed by atoms with Crippen molar-refractivity contribution >= 4 is 22.4 Å². The summed E-state index contributed by atoms with van der Waals surface area (Å²) in [5, 5.41) is 2.95. The van der Waals surface area contributed by atoms with Crippen molar-refractivity contribution in [1.82, 2.24) is 9.62 Å². The Labute approximate surface area is 138 Å². The smallest absolute Gasteiger partial charge is 0.319 e. The number of benzene rings is 1. The van der Waals surface area contributed by atoms with Crippen molar-refractivity contribution in [3.8, 4) is 0 Å². The van der Waals surface area contributed by atoms with Crippen LogP contribution in [0, 0.1) is 11.7 Å². The maximum atomic E-state index is 13.5. The van der Waals surface area contributed by atoms with Crippen LogP contribution in [0.4, 0.5) is 17.6 Å². The minimum Gasteiger partial charge on any atom is -0.319 e. The summed E-state index contributed by atoms with van der Waals surface area (Å²) in [5.41, 5.74) is -1.47. The fourth-order valence-electron chi connectivity index (χ4n) is 2.51. The molecule has 1 unspecified atom stereocenters. The number of sulfonamides is 1. The lowest BCUT2D eigenvalue weighted by Crippen LogP contribution is -2.30. The van der Waals surface area contributed by atoms with Crippen LogP contribution in [0.15, 0.2) is 23.1 Å². The first-order valence-corrected chi connectivity index (χ1v) is 8.11. The van der Waals surface area contributed by atoms with Crippen LogP contribution in [0.5, 0.6) is 0 Å². The molecular formula is C13H17ClF4N2O2S. The summed E-state index contributed by atoms with van der Waals surface area (Å²) in [6, 6.07) is 1.69. The molecule has 1 aliphatic heterocycles. The number of rotatable bonds is 4. The third-order valence-corrected chi connectivity index (χ3v) is 5.49. The molecule has 1 N–H and O–H groups in total. The third-order valence-electron chi connectivity index (χ3n) is 3.63. The zero-order chi connectivity index (χ0) is 16.5. The molecule has 1 aromatic rings. The van der Waals surface area contributed by atoms with Gasteiger partial charge in [-0.15, -0.1) is 12.4 Å². The van der Waals surface area contributed by atoms with Gasteiger partial charge >= 0.3 is 6.18 Å². The van der Waals surface area contributed by atoms with E-state index in [0.29, 0.717) is 25.1 Å². The molecule has 0 radical (unpaired) electrons. The molecule has 4 nitrogen and oxygen atoms in total. The lowest BCUT2D eigenvalue weighted by Gasteiger charge is -2.17. The number of hydrogen-bond donors (Lipinski definition) is 1. The van der Waals surface area contributed by atoms with Gasteiger partial charge in [-0.05, 0) is 44.1 Å². The average Bonchev–Trinajstić information content (AvgIpc) is 2.87. The van der Waals surface area contributed by atoms with Crippen molar-refractivity contribution in [1.29, 1.82) is 0 Å². The van der Waals surface area contributed by atoms with Gasteiger partial charge in [-0.3, -0.25) is 0 Å². The summed E-state index contributed by atoms with van der Waals surface area (Å²) in [4.78, 5) is -0.455. The number of hydrogen-bond acceptors (Lipinski definition) is 3. The van der Waals surface area contributed by atoms with Gasteiger partial charge in [0.15, 0.2) is 0 Å². The molecule has 0 amide bonds. The molecule has 1 fully saturated rings. The normalized spacial score (nSPS) is 19.6. The van der Waals surface area contributed by atoms with Gasteiger partial charge in [0.05, 0.1) is 10.5 Å². The van der Waals surface area contributed by atoms with E-state index >= 15 is 0 Å². The Morgan fingerprint density at radius 3 is 2.52 bits per heavy atom. The first kappa shape index (κ1) is 20.1. The lowest BCUT2D eigenvalue weighted by molar-refractivity contribution is -0.140. The Morgan fingerprint density at radius 2 is 2.00 bits per heavy atom. The van der Waals surface area contributed by atoms with Crippen molar-refractivity contribution < 1.29 is 26.0 Å². The number of alkyl halides is 3. The van der Waals surface area contributed by atoms with Crippen LogP contribution in [0.3, 0.4) is 0 Å². The van der Waals surface area contributed by atoms with Gasteiger partial charge in [0, 0.05) is 13.1 Å². The van der Waals surface area contributed by atoms with E-state index in [1.54, 1.807) is 7.05 Å². The molecule has 2 rings (SSSR count). The molecule has 132 valence electrons. The van der Waals surface area contributed by atoms with Crippen LogP contribution in [0.2, 0.25) is 0 Å². The van der Waals surface area contributed by atoms with Gasteiger partial charge < -0.3 is 5.32 Å². The van der Waals surface area contributed by atoms with Gasteiger partial charge in [-0.25, -0.2) is 12.8 Å². The van der Waals surface area contributed by atoms with Crippen LogP contribution in [0.1, 0.15) is 12.0 Å². The van der Waals surface area contributed by atoms with E-state index in [9.17, 15) is 26.0 Å². The highest BCUT2D eigenvalue weighted by Crippen LogP contribution is 2.33. The molecule has 0 bridgehead atoms. The second kappa shape index (κ2) is 7.33. The highest BCUT2D eigenvalue weighted by Gasteiger charge is 2.36. The van der Waals surface area contributed by atoms with Gasteiger partial charge in [-0.1, -0.05) is 0 Å². The Balaban J connectivity index is 0.00000264. The first-order chi connectivity index (χ1) is 10.2. The van der Waals surface area contributed by atoms with Gasteiger partial charge in [0.2, 0.25) is 10.0 Å². The van der Waals surface area contributed by atoms with Crippen molar-refractivity contribution in [3.63, 3.8) is 0 Å². The van der Waals surface area contributed by atoms with E-state index in [1.807, 2.05) is 0 Å². The molecule has 1 atom stereocenters. The van der Waals surface area contributed by atoms with Gasteiger partial charge in [-0.2, -0.15) is 17.5 Å². The third kappa shape index (κ3) is 4.34. The molecule has 0 spiro atoms. The van der Waals surface area contributed by atoms with E-state index in [1.165, 1.54) is 4.31 Å². The monoisotopic (exact) mass is 376 g/mol. The second-order valence-corrected chi connectivity index (χ2v) is 7.15. The number of nitrogens with zero attached hydrogens (tertiary/aromatic N) is 1. The zero-order valence-corrected chi connectivity index (χ0v) is 13.9. The quantitative estimate of drug-likeness (QED) is 0.821. The van der Waals surface area contributed by atoms with Crippen molar-refractivity contribution in [2.75, 3.05) is 26.7 Å². The molecule has 10 heteroatoms. The highest BCUT2D eigenvalue weighted by atomic mass is 35.5. The number of halogens is 5. The molecule has 23 heavy (non-hydrogen) atoms. The van der Waals surface area contributed by atoms with E-state index in [4.69, 9.17) is 0 Å². The maximum absolute atomic E-state index is 13.5. The van der Waals surface area contributed by atoms with Crippen molar-refractivity contribution in [2.24, 2.45) is 5.92 Å². The van der Waals surface area contributed by atoms with Crippen molar-refractivity contribution in [2.45, 2.75) is 17.5 Å². The highest BCUT2D eigenvalue weighted by molar-refractivity contribution is 7.89. The number of nitrogens with one attached hydrogen (secondary N) is 1. The van der Waals surface area contributed by atoms with Crippen LogP contribution in [0.25, 0.3) is 0 Å². The molecule has 0 aliphatic carbocycles. The zero-order valence-electron chi connectivity index (χ0n) is 12.2. The van der Waals surface area contributed by atoms with Gasteiger partial charge in [0.1, 0.15) is 5.82 Å². The Morgan fingerprint density at radius 1 is 1.35 bits per heavy atom. The Bertz CT molecular complexity index is 652. The molecule has 0 aromatic heterocycles. The molecule has 0 saturated carbocycles. The minimum atomic E-state index is -4.85. The Hall–Kier alpha value is -0.900. The van der Waals surface area contributed by atoms with E-state index < -0.39 is 32.5 Å². The molecule has 1 saturated heterocycles. The SMILES string of the molecule is CNCC1CCN(S(=O)(=O)c2ccc(C(F)(F)F)c(F)c2)C1.Cl. The van der Waals surface area contributed by atoms with Crippen LogP contribution < -0.4 is 5.32 Å². The maximum Gasteiger partial charge on any atom is 0.419 e. The minimum absolute atomic E-state index is 0. The second-order valence-electron chi connectivity index (χ2n) is 5.21. The van der Waals surface area contributed by atoms with Crippen LogP contribution in [-0.2, 0) is 16.2 Å². The molecular weight excluding hydrogens is 360 g/mol. The average molecular weight is 377 g/mol. The molecule has 1 heterocycles. The molecule has 1 aromatic carbocycles. The predicted molar refractivity (Wildman–Crippen MR) is 79.4 cm³/mol. The first-order valence-electron chi connectivity index (χ1n) is 6.67. The summed E-state index contributed by atoms with van der Waals surface area (Å²) < 4.78 is 77.0. The Kier molecular flexibility index (Phi) is 6.42. The summed E-state index contributed by atoms with van der Waals surface area (Å²) in [7, 11) is -2.22. The lowest BCUT2D eigenvalue weighted by atomic mass is 10.1. The van der Waals surface area contributed by atoms with Crippen LogP contribution in [-0.4, -0.2) is 39.4 Å². The fourth-order valence-corrected chi connectivity index (χ4v) is 4.05. The van der Waals surface area contributed by atoms with Crippen LogP contribution >= 0.6 is 12.4 Å². The summed E-state index contributed by atoms with van der Waals surface area (Å²) in [6.45, 7) is 1.19. The summed E-state index contributed by atoms with van der Waals surface area (Å²) in [5.74, 6) is -1.45. The van der Waals surface area contributed by atoms with E-state index in [-0.39, 0.29) is 31.4 Å². The summed E-state index contributed by atoms with van der Waals surface area (Å²) >= 11 is 0.